The molecule has 1 atom stereocenters. The van der Waals surface area contributed by atoms with E-state index < -0.39 is 22.9 Å². The number of carboxylic acid groups (broad SMARTS) is 1. The van der Waals surface area contributed by atoms with Gasteiger partial charge in [0.05, 0.1) is 16.4 Å². The molecular formula is C23H19FN2O4S. The molecule has 0 fully saturated rings. The number of carbonyl (C=O) groups is 3. The highest BCUT2D eigenvalue weighted by molar-refractivity contribution is 8.00. The Balaban J connectivity index is 1.56. The van der Waals surface area contributed by atoms with Gasteiger partial charge >= 0.3 is 5.97 Å². The summed E-state index contributed by atoms with van der Waals surface area (Å²) < 4.78 is 13.7. The molecule has 0 aromatic heterocycles. The van der Waals surface area contributed by atoms with Gasteiger partial charge in [0.2, 0.25) is 5.91 Å². The molecule has 158 valence electrons. The Morgan fingerprint density at radius 3 is 2.06 bits per heavy atom. The number of rotatable bonds is 7. The van der Waals surface area contributed by atoms with Crippen molar-refractivity contribution in [2.45, 2.75) is 17.1 Å². The summed E-state index contributed by atoms with van der Waals surface area (Å²) in [5, 5.41) is 13.9. The van der Waals surface area contributed by atoms with Crippen LogP contribution in [0.25, 0.3) is 0 Å². The summed E-state index contributed by atoms with van der Waals surface area (Å²) in [6.07, 6.45) is 0. The van der Waals surface area contributed by atoms with Crippen LogP contribution in [0.2, 0.25) is 0 Å². The molecule has 3 aromatic rings. The van der Waals surface area contributed by atoms with Crippen LogP contribution in [0, 0.1) is 5.82 Å². The number of aromatic carboxylic acids is 1. The predicted octanol–water partition coefficient (Wildman–Crippen LogP) is 4.90. The van der Waals surface area contributed by atoms with E-state index in [1.807, 2.05) is 0 Å². The summed E-state index contributed by atoms with van der Waals surface area (Å²) in [4.78, 5) is 36.3. The van der Waals surface area contributed by atoms with Gasteiger partial charge in [0.25, 0.3) is 5.91 Å². The highest BCUT2D eigenvalue weighted by atomic mass is 32.2. The molecule has 8 heteroatoms. The van der Waals surface area contributed by atoms with Crippen molar-refractivity contribution in [3.05, 3.63) is 89.7 Å². The summed E-state index contributed by atoms with van der Waals surface area (Å²) in [5.74, 6) is -2.40. The van der Waals surface area contributed by atoms with Gasteiger partial charge in [-0.15, -0.1) is 11.8 Å². The number of anilines is 2. The minimum atomic E-state index is -1.03. The van der Waals surface area contributed by atoms with Crippen molar-refractivity contribution >= 4 is 40.9 Å². The zero-order valence-electron chi connectivity index (χ0n) is 16.5. The molecule has 0 bridgehead atoms. The van der Waals surface area contributed by atoms with E-state index in [1.54, 1.807) is 37.3 Å². The van der Waals surface area contributed by atoms with Crippen molar-refractivity contribution in [1.29, 1.82) is 0 Å². The second-order valence-electron chi connectivity index (χ2n) is 6.59. The fraction of sp³-hybridized carbons (Fsp3) is 0.0870. The zero-order valence-corrected chi connectivity index (χ0v) is 17.3. The summed E-state index contributed by atoms with van der Waals surface area (Å²) in [7, 11) is 0. The van der Waals surface area contributed by atoms with Crippen LogP contribution in [0.5, 0.6) is 0 Å². The first-order valence-electron chi connectivity index (χ1n) is 9.30. The molecule has 0 aliphatic carbocycles. The van der Waals surface area contributed by atoms with Gasteiger partial charge in [-0.2, -0.15) is 0 Å². The van der Waals surface area contributed by atoms with Gasteiger partial charge in [-0.1, -0.05) is 12.1 Å². The third-order valence-corrected chi connectivity index (χ3v) is 5.42. The van der Waals surface area contributed by atoms with Gasteiger partial charge in [-0.25, -0.2) is 9.18 Å². The maximum absolute atomic E-state index is 13.7. The van der Waals surface area contributed by atoms with E-state index in [1.165, 1.54) is 54.2 Å². The van der Waals surface area contributed by atoms with Crippen LogP contribution in [0.1, 0.15) is 27.6 Å². The maximum atomic E-state index is 13.7. The molecule has 0 spiro atoms. The van der Waals surface area contributed by atoms with Gasteiger partial charge in [-0.3, -0.25) is 9.59 Å². The van der Waals surface area contributed by atoms with E-state index in [0.717, 1.165) is 4.90 Å². The fourth-order valence-electron chi connectivity index (χ4n) is 2.66. The Hall–Kier alpha value is -3.65. The van der Waals surface area contributed by atoms with Crippen molar-refractivity contribution in [2.24, 2.45) is 0 Å². The standard InChI is InChI=1S/C23H19FN2O4S/c1-14(21(27)25-16-8-6-15(7-9-16)23(29)30)31-18-12-10-17(11-13-18)26-22(28)19-4-2-3-5-20(19)24/h2-14H,1H3,(H,25,27)(H,26,28)(H,29,30). The fourth-order valence-corrected chi connectivity index (χ4v) is 3.53. The Morgan fingerprint density at radius 2 is 1.45 bits per heavy atom. The van der Waals surface area contributed by atoms with Gasteiger partial charge in [0.15, 0.2) is 0 Å². The average Bonchev–Trinajstić information content (AvgIpc) is 2.75. The normalized spacial score (nSPS) is 11.4. The van der Waals surface area contributed by atoms with Crippen molar-refractivity contribution < 1.29 is 23.9 Å². The van der Waals surface area contributed by atoms with Gasteiger partial charge < -0.3 is 15.7 Å². The summed E-state index contributed by atoms with van der Waals surface area (Å²) in [5.41, 5.74) is 1.12. The molecule has 31 heavy (non-hydrogen) atoms. The first-order valence-corrected chi connectivity index (χ1v) is 10.2. The van der Waals surface area contributed by atoms with Crippen molar-refractivity contribution in [1.82, 2.24) is 0 Å². The van der Waals surface area contributed by atoms with Crippen LogP contribution in [-0.2, 0) is 4.79 Å². The number of amides is 2. The Morgan fingerprint density at radius 1 is 0.871 bits per heavy atom. The zero-order chi connectivity index (χ0) is 22.4. The smallest absolute Gasteiger partial charge is 0.335 e. The lowest BCUT2D eigenvalue weighted by Gasteiger charge is -2.13. The minimum Gasteiger partial charge on any atom is -0.478 e. The lowest BCUT2D eigenvalue weighted by atomic mass is 10.2. The molecule has 6 nitrogen and oxygen atoms in total. The third kappa shape index (κ3) is 5.93. The molecule has 3 rings (SSSR count). The number of carboxylic acids is 1. The first kappa shape index (κ1) is 22.0. The summed E-state index contributed by atoms with van der Waals surface area (Å²) >= 11 is 1.33. The van der Waals surface area contributed by atoms with Crippen LogP contribution >= 0.6 is 11.8 Å². The molecule has 2 amide bonds. The molecule has 0 radical (unpaired) electrons. The van der Waals surface area contributed by atoms with Crippen LogP contribution in [-0.4, -0.2) is 28.1 Å². The summed E-state index contributed by atoms with van der Waals surface area (Å²) in [6.45, 7) is 1.75. The van der Waals surface area contributed by atoms with Crippen LogP contribution in [0.15, 0.2) is 77.7 Å². The van der Waals surface area contributed by atoms with Crippen molar-refractivity contribution in [3.63, 3.8) is 0 Å². The van der Waals surface area contributed by atoms with Crippen molar-refractivity contribution in [3.8, 4) is 0 Å². The maximum Gasteiger partial charge on any atom is 0.335 e. The van der Waals surface area contributed by atoms with Crippen LogP contribution in [0.4, 0.5) is 15.8 Å². The van der Waals surface area contributed by atoms with E-state index in [2.05, 4.69) is 10.6 Å². The quantitative estimate of drug-likeness (QED) is 0.456. The highest BCUT2D eigenvalue weighted by Crippen LogP contribution is 2.26. The Kier molecular flexibility index (Phi) is 7.04. The number of hydrogen-bond acceptors (Lipinski definition) is 4. The number of nitrogens with one attached hydrogen (secondary N) is 2. The third-order valence-electron chi connectivity index (χ3n) is 4.31. The SMILES string of the molecule is CC(Sc1ccc(NC(=O)c2ccccc2F)cc1)C(=O)Nc1ccc(C(=O)O)cc1. The van der Waals surface area contributed by atoms with E-state index in [0.29, 0.717) is 11.4 Å². The average molecular weight is 438 g/mol. The van der Waals surface area contributed by atoms with Gasteiger partial charge in [0, 0.05) is 16.3 Å². The molecular weight excluding hydrogens is 419 g/mol. The first-order chi connectivity index (χ1) is 14.8. The monoisotopic (exact) mass is 438 g/mol. The largest absolute Gasteiger partial charge is 0.478 e. The Labute approximate surface area is 182 Å². The van der Waals surface area contributed by atoms with Crippen LogP contribution < -0.4 is 10.6 Å². The van der Waals surface area contributed by atoms with E-state index in [-0.39, 0.29) is 17.0 Å². The van der Waals surface area contributed by atoms with E-state index in [9.17, 15) is 18.8 Å². The number of carbonyl (C=O) groups excluding carboxylic acids is 2. The number of thioether (sulfide) groups is 1. The number of hydrogen-bond donors (Lipinski definition) is 3. The summed E-state index contributed by atoms with van der Waals surface area (Å²) in [6, 6.07) is 18.5. The van der Waals surface area contributed by atoms with Crippen LogP contribution in [0.3, 0.4) is 0 Å². The Bertz CT molecular complexity index is 1100. The molecule has 3 aromatic carbocycles. The lowest BCUT2D eigenvalue weighted by Crippen LogP contribution is -2.22. The highest BCUT2D eigenvalue weighted by Gasteiger charge is 2.15. The predicted molar refractivity (Wildman–Crippen MR) is 118 cm³/mol. The molecule has 0 aliphatic rings. The molecule has 1 unspecified atom stereocenters. The van der Waals surface area contributed by atoms with E-state index >= 15 is 0 Å². The molecule has 0 saturated carbocycles. The molecule has 3 N–H and O–H groups in total. The topological polar surface area (TPSA) is 95.5 Å². The van der Waals surface area contributed by atoms with Crippen molar-refractivity contribution in [2.75, 3.05) is 10.6 Å². The second kappa shape index (κ2) is 9.90. The minimum absolute atomic E-state index is 0.0392. The van der Waals surface area contributed by atoms with E-state index in [4.69, 9.17) is 5.11 Å². The molecule has 0 saturated heterocycles. The van der Waals surface area contributed by atoms with Gasteiger partial charge in [0.1, 0.15) is 5.82 Å². The van der Waals surface area contributed by atoms with Gasteiger partial charge in [-0.05, 0) is 67.6 Å². The number of halogens is 1. The lowest BCUT2D eigenvalue weighted by molar-refractivity contribution is -0.115. The second-order valence-corrected chi connectivity index (χ2v) is 8.00. The molecule has 0 aliphatic heterocycles. The number of benzene rings is 3. The molecule has 0 heterocycles.